The normalized spacial score (nSPS) is 11.2. The van der Waals surface area contributed by atoms with Crippen LogP contribution < -0.4 is 10.6 Å². The second kappa shape index (κ2) is 14.0. The first-order valence-corrected chi connectivity index (χ1v) is 12.8. The Morgan fingerprint density at radius 3 is 1.37 bits per heavy atom. The van der Waals surface area contributed by atoms with Crippen LogP contribution in [0.3, 0.4) is 0 Å². The van der Waals surface area contributed by atoms with Crippen LogP contribution in [0.4, 0.5) is 0 Å². The summed E-state index contributed by atoms with van der Waals surface area (Å²) in [5.41, 5.74) is 3.12. The van der Waals surface area contributed by atoms with Gasteiger partial charge in [0.05, 0.1) is 0 Å². The van der Waals surface area contributed by atoms with Crippen molar-refractivity contribution in [2.45, 2.75) is 78.0 Å². The van der Waals surface area contributed by atoms with Crippen molar-refractivity contribution in [1.82, 2.24) is 0 Å². The second-order valence-electron chi connectivity index (χ2n) is 7.79. The van der Waals surface area contributed by atoms with E-state index in [0.29, 0.717) is 0 Å². The van der Waals surface area contributed by atoms with E-state index in [0.717, 1.165) is 22.6 Å². The molecule has 0 atom stereocenters. The average molecular weight is 494 g/mol. The summed E-state index contributed by atoms with van der Waals surface area (Å²) < 4.78 is 0. The van der Waals surface area contributed by atoms with Crippen molar-refractivity contribution in [2.75, 3.05) is 0 Å². The zero-order valence-electron chi connectivity index (χ0n) is 18.2. The van der Waals surface area contributed by atoms with Crippen LogP contribution in [0, 0.1) is 6.07 Å². The predicted molar refractivity (Wildman–Crippen MR) is 125 cm³/mol. The van der Waals surface area contributed by atoms with Crippen LogP contribution in [-0.2, 0) is 20.4 Å². The fourth-order valence-corrected chi connectivity index (χ4v) is 9.30. The van der Waals surface area contributed by atoms with Crippen LogP contribution in [0.25, 0.3) is 0 Å². The molecule has 0 aliphatic carbocycles. The monoisotopic (exact) mass is 493 g/mol. The Labute approximate surface area is 185 Å². The van der Waals surface area contributed by atoms with Gasteiger partial charge < -0.3 is 0 Å². The molecule has 0 aliphatic rings. The summed E-state index contributed by atoms with van der Waals surface area (Å²) in [6.45, 7) is 18.6. The number of hydrogen-bond acceptors (Lipinski definition) is 0. The first-order chi connectivity index (χ1) is 12.3. The third kappa shape index (κ3) is 9.33. The maximum Gasteiger partial charge on any atom is 0 e. The molecule has 0 aliphatic heterocycles. The van der Waals surface area contributed by atoms with E-state index in [1.54, 1.807) is 5.30 Å². The standard InChI is InChI=1S/C12H19P.C12H18P.Pd/c2*1-10(2)13(11(3)4)12-8-6-5-7-9-12;/h5-11H,1-4H3;5-6,8-11H,1-4H3;/q;-1;. The van der Waals surface area contributed by atoms with Gasteiger partial charge in [-0.1, -0.05) is 93.6 Å². The molecular weight excluding hydrogens is 457 g/mol. The largest absolute Gasteiger partial charge is 0.183 e. The number of rotatable bonds is 6. The van der Waals surface area contributed by atoms with E-state index in [4.69, 9.17) is 0 Å². The van der Waals surface area contributed by atoms with Crippen molar-refractivity contribution in [3.8, 4) is 0 Å². The van der Waals surface area contributed by atoms with E-state index < -0.39 is 0 Å². The minimum absolute atomic E-state index is 0. The van der Waals surface area contributed by atoms with Gasteiger partial charge in [-0.25, -0.2) is 0 Å². The van der Waals surface area contributed by atoms with Crippen LogP contribution in [0.1, 0.15) is 55.4 Å². The molecule has 2 aromatic carbocycles. The molecule has 0 saturated heterocycles. The molecule has 154 valence electrons. The summed E-state index contributed by atoms with van der Waals surface area (Å²) in [6.07, 6.45) is 0. The number of benzene rings is 2. The molecular formula is C24H37P2Pd-. The Balaban J connectivity index is 0.000000483. The van der Waals surface area contributed by atoms with E-state index in [2.05, 4.69) is 110 Å². The van der Waals surface area contributed by atoms with Gasteiger partial charge in [0.25, 0.3) is 0 Å². The Hall–Kier alpha value is -0.0377. The predicted octanol–water partition coefficient (Wildman–Crippen LogP) is 7.02. The van der Waals surface area contributed by atoms with Crippen LogP contribution in [0.15, 0.2) is 54.6 Å². The molecule has 0 N–H and O–H groups in total. The first kappa shape index (κ1) is 27.0. The topological polar surface area (TPSA) is 0 Å². The molecule has 0 heterocycles. The maximum atomic E-state index is 3.17. The van der Waals surface area contributed by atoms with Gasteiger partial charge in [-0.05, 0) is 27.9 Å². The molecule has 0 saturated carbocycles. The van der Waals surface area contributed by atoms with E-state index in [-0.39, 0.29) is 36.3 Å². The summed E-state index contributed by atoms with van der Waals surface area (Å²) >= 11 is 0. The maximum absolute atomic E-state index is 3.17. The summed E-state index contributed by atoms with van der Waals surface area (Å²) in [4.78, 5) is 0. The minimum Gasteiger partial charge on any atom is -0.183 e. The molecule has 3 heteroatoms. The molecule has 0 unspecified atom stereocenters. The molecule has 0 bridgehead atoms. The van der Waals surface area contributed by atoms with E-state index in [1.165, 1.54) is 5.30 Å². The number of hydrogen-bond donors (Lipinski definition) is 0. The van der Waals surface area contributed by atoms with Gasteiger partial charge in [0.2, 0.25) is 0 Å². The molecule has 2 aromatic rings. The van der Waals surface area contributed by atoms with Gasteiger partial charge in [-0.3, -0.25) is 0 Å². The van der Waals surface area contributed by atoms with Crippen molar-refractivity contribution < 1.29 is 20.4 Å². The third-order valence-corrected chi connectivity index (χ3v) is 10.5. The van der Waals surface area contributed by atoms with Crippen molar-refractivity contribution >= 4 is 26.5 Å². The molecule has 0 spiro atoms. The molecule has 0 aromatic heterocycles. The molecule has 0 nitrogen and oxygen atoms in total. The summed E-state index contributed by atoms with van der Waals surface area (Å²) in [5, 5.41) is 3.03. The summed E-state index contributed by atoms with van der Waals surface area (Å²) in [5.74, 6) is 0. The van der Waals surface area contributed by atoms with E-state index in [1.807, 2.05) is 6.07 Å². The summed E-state index contributed by atoms with van der Waals surface area (Å²) in [7, 11) is 0.0212. The van der Waals surface area contributed by atoms with Crippen LogP contribution in [0.5, 0.6) is 0 Å². The fraction of sp³-hybridized carbons (Fsp3) is 0.500. The fourth-order valence-electron chi connectivity index (χ4n) is 3.53. The third-order valence-electron chi connectivity index (χ3n) is 4.27. The van der Waals surface area contributed by atoms with Crippen LogP contribution >= 0.6 is 15.8 Å². The quantitative estimate of drug-likeness (QED) is 0.230. The molecule has 27 heavy (non-hydrogen) atoms. The van der Waals surface area contributed by atoms with Gasteiger partial charge in [0.1, 0.15) is 0 Å². The van der Waals surface area contributed by atoms with Gasteiger partial charge >= 0.3 is 0 Å². The Morgan fingerprint density at radius 2 is 1.00 bits per heavy atom. The zero-order chi connectivity index (χ0) is 19.7. The smallest absolute Gasteiger partial charge is 0 e. The Morgan fingerprint density at radius 1 is 0.593 bits per heavy atom. The minimum atomic E-state index is -0.00502. The molecule has 0 amide bonds. The Bertz CT molecular complexity index is 523. The van der Waals surface area contributed by atoms with E-state index >= 15 is 0 Å². The second-order valence-corrected chi connectivity index (χ2v) is 14.6. The van der Waals surface area contributed by atoms with Gasteiger partial charge in [-0.15, -0.1) is 13.2 Å². The zero-order valence-corrected chi connectivity index (χ0v) is 21.6. The first-order valence-electron chi connectivity index (χ1n) is 9.83. The van der Waals surface area contributed by atoms with Crippen molar-refractivity contribution in [2.24, 2.45) is 0 Å². The van der Waals surface area contributed by atoms with Crippen molar-refractivity contribution in [3.05, 3.63) is 60.7 Å². The Kier molecular flexibility index (Phi) is 14.0. The average Bonchev–Trinajstić information content (AvgIpc) is 2.56. The van der Waals surface area contributed by atoms with E-state index in [9.17, 15) is 0 Å². The molecule has 2 rings (SSSR count). The van der Waals surface area contributed by atoms with Crippen LogP contribution in [0.2, 0.25) is 0 Å². The summed E-state index contributed by atoms with van der Waals surface area (Å²) in [6, 6.07) is 22.5. The van der Waals surface area contributed by atoms with Gasteiger partial charge in [-0.2, -0.15) is 30.3 Å². The van der Waals surface area contributed by atoms with Crippen LogP contribution in [-0.4, -0.2) is 22.6 Å². The molecule has 0 radical (unpaired) electrons. The van der Waals surface area contributed by atoms with Crippen molar-refractivity contribution in [1.29, 1.82) is 0 Å². The van der Waals surface area contributed by atoms with Gasteiger partial charge in [0, 0.05) is 20.4 Å². The molecule has 0 fully saturated rings. The van der Waals surface area contributed by atoms with Gasteiger partial charge in [0.15, 0.2) is 0 Å². The SMILES string of the molecule is CC(C)P(c1c[c-]ccc1)C(C)C.CC(C)P(c1ccccc1)C(C)C.[Pd]. The van der Waals surface area contributed by atoms with Crippen molar-refractivity contribution in [3.63, 3.8) is 0 Å².